The molecule has 1 aromatic carbocycles. The first-order valence-corrected chi connectivity index (χ1v) is 8.76. The maximum atomic E-state index is 12.8. The molecule has 2 unspecified atom stereocenters. The molecule has 0 radical (unpaired) electrons. The van der Waals surface area contributed by atoms with Crippen LogP contribution in [0, 0.1) is 5.92 Å². The van der Waals surface area contributed by atoms with E-state index in [0.717, 1.165) is 25.3 Å². The molecule has 27 heavy (non-hydrogen) atoms. The van der Waals surface area contributed by atoms with Crippen LogP contribution >= 0.6 is 24.8 Å². The highest BCUT2D eigenvalue weighted by atomic mass is 35.5. The molecule has 0 aromatic heterocycles. The molecule has 1 saturated heterocycles. The second-order valence-corrected chi connectivity index (χ2v) is 7.07. The van der Waals surface area contributed by atoms with Crippen molar-refractivity contribution >= 4 is 30.7 Å². The Morgan fingerprint density at radius 2 is 1.78 bits per heavy atom. The van der Waals surface area contributed by atoms with Crippen molar-refractivity contribution in [3.05, 3.63) is 35.4 Å². The van der Waals surface area contributed by atoms with Crippen molar-refractivity contribution in [3.8, 4) is 0 Å². The molecule has 2 aliphatic rings. The summed E-state index contributed by atoms with van der Waals surface area (Å²) in [5.41, 5.74) is 5.92. The van der Waals surface area contributed by atoms with E-state index >= 15 is 0 Å². The van der Waals surface area contributed by atoms with Crippen molar-refractivity contribution in [1.82, 2.24) is 9.80 Å². The van der Waals surface area contributed by atoms with Crippen molar-refractivity contribution in [1.29, 1.82) is 0 Å². The summed E-state index contributed by atoms with van der Waals surface area (Å²) >= 11 is 0. The quantitative estimate of drug-likeness (QED) is 0.804. The van der Waals surface area contributed by atoms with Gasteiger partial charge >= 0.3 is 6.18 Å². The third-order valence-corrected chi connectivity index (χ3v) is 5.17. The van der Waals surface area contributed by atoms with Crippen molar-refractivity contribution in [2.45, 2.75) is 38.0 Å². The van der Waals surface area contributed by atoms with E-state index in [2.05, 4.69) is 4.90 Å². The third kappa shape index (κ3) is 6.24. The van der Waals surface area contributed by atoms with E-state index in [1.54, 1.807) is 6.07 Å². The molecule has 0 bridgehead atoms. The van der Waals surface area contributed by atoms with Gasteiger partial charge in [0.15, 0.2) is 0 Å². The summed E-state index contributed by atoms with van der Waals surface area (Å²) in [5.74, 6) is 0.233. The van der Waals surface area contributed by atoms with Gasteiger partial charge in [0.25, 0.3) is 0 Å². The van der Waals surface area contributed by atoms with E-state index in [-0.39, 0.29) is 42.7 Å². The van der Waals surface area contributed by atoms with Crippen molar-refractivity contribution < 1.29 is 18.0 Å². The molecular formula is C18H26Cl2F3N3O. The van der Waals surface area contributed by atoms with E-state index in [1.165, 1.54) is 12.1 Å². The number of carbonyl (C=O) groups is 1. The van der Waals surface area contributed by atoms with Gasteiger partial charge in [0.1, 0.15) is 0 Å². The van der Waals surface area contributed by atoms with E-state index in [0.29, 0.717) is 38.3 Å². The lowest BCUT2D eigenvalue weighted by Gasteiger charge is -2.36. The zero-order valence-corrected chi connectivity index (χ0v) is 16.6. The van der Waals surface area contributed by atoms with Gasteiger partial charge in [-0.15, -0.1) is 24.8 Å². The summed E-state index contributed by atoms with van der Waals surface area (Å²) in [6, 6.07) is 5.59. The van der Waals surface area contributed by atoms with Crippen molar-refractivity contribution in [2.24, 2.45) is 11.7 Å². The number of benzene rings is 1. The highest BCUT2D eigenvalue weighted by molar-refractivity contribution is 5.85. The minimum Gasteiger partial charge on any atom is -0.340 e. The summed E-state index contributed by atoms with van der Waals surface area (Å²) in [6.45, 7) is 3.09. The number of nitrogens with two attached hydrogens (primary N) is 1. The van der Waals surface area contributed by atoms with Crippen LogP contribution in [-0.4, -0.2) is 47.9 Å². The predicted molar refractivity (Wildman–Crippen MR) is 103 cm³/mol. The molecule has 1 amide bonds. The zero-order valence-electron chi connectivity index (χ0n) is 15.0. The molecule has 9 heteroatoms. The number of rotatable bonds is 3. The Labute approximate surface area is 170 Å². The van der Waals surface area contributed by atoms with Gasteiger partial charge in [0.2, 0.25) is 5.91 Å². The van der Waals surface area contributed by atoms with E-state index < -0.39 is 11.7 Å². The molecule has 1 aromatic rings. The van der Waals surface area contributed by atoms with Gasteiger partial charge in [-0.1, -0.05) is 18.2 Å². The molecule has 1 saturated carbocycles. The van der Waals surface area contributed by atoms with Crippen LogP contribution in [0.4, 0.5) is 13.2 Å². The van der Waals surface area contributed by atoms with Crippen molar-refractivity contribution in [2.75, 3.05) is 26.2 Å². The van der Waals surface area contributed by atoms with Crippen LogP contribution in [0.25, 0.3) is 0 Å². The number of hydrogen-bond acceptors (Lipinski definition) is 3. The van der Waals surface area contributed by atoms with Gasteiger partial charge in [-0.25, -0.2) is 0 Å². The third-order valence-electron chi connectivity index (χ3n) is 5.17. The minimum atomic E-state index is -4.32. The van der Waals surface area contributed by atoms with E-state index in [1.807, 2.05) is 4.90 Å². The molecule has 1 aliphatic carbocycles. The first-order valence-electron chi connectivity index (χ1n) is 8.76. The van der Waals surface area contributed by atoms with Gasteiger partial charge in [0, 0.05) is 44.7 Å². The average Bonchev–Trinajstić information content (AvgIpc) is 3.01. The average molecular weight is 428 g/mol. The lowest BCUT2D eigenvalue weighted by atomic mass is 10.1. The van der Waals surface area contributed by atoms with Gasteiger partial charge in [0.05, 0.1) is 5.56 Å². The molecule has 3 rings (SSSR count). The van der Waals surface area contributed by atoms with Crippen molar-refractivity contribution in [3.63, 3.8) is 0 Å². The van der Waals surface area contributed by atoms with E-state index in [4.69, 9.17) is 5.73 Å². The number of hydrogen-bond donors (Lipinski definition) is 1. The molecule has 1 heterocycles. The fraction of sp³-hybridized carbons (Fsp3) is 0.611. The van der Waals surface area contributed by atoms with Gasteiger partial charge in [-0.2, -0.15) is 13.2 Å². The standard InChI is InChI=1S/C18H24F3N3O.2ClH/c19-18(20,21)15-3-1-2-13(10-15)12-23-6-8-24(9-7-23)17(25)14-4-5-16(22)11-14;;/h1-3,10,14,16H,4-9,11-12,22H2;2*1H. The lowest BCUT2D eigenvalue weighted by molar-refractivity contribution is -0.138. The Morgan fingerprint density at radius 1 is 1.11 bits per heavy atom. The molecule has 2 atom stereocenters. The maximum Gasteiger partial charge on any atom is 0.416 e. The molecule has 1 aliphatic heterocycles. The SMILES string of the molecule is Cl.Cl.NC1CCC(C(=O)N2CCN(Cc3cccc(C(F)(F)F)c3)CC2)C1. The van der Waals surface area contributed by atoms with Crippen LogP contribution in [0.2, 0.25) is 0 Å². The van der Waals surface area contributed by atoms with E-state index in [9.17, 15) is 18.0 Å². The van der Waals surface area contributed by atoms with Crippen LogP contribution in [0.3, 0.4) is 0 Å². The molecule has 2 fully saturated rings. The molecule has 2 N–H and O–H groups in total. The van der Waals surface area contributed by atoms with Gasteiger partial charge < -0.3 is 10.6 Å². The summed E-state index contributed by atoms with van der Waals surface area (Å²) in [5, 5.41) is 0. The number of amides is 1. The molecular weight excluding hydrogens is 402 g/mol. The Morgan fingerprint density at radius 3 is 2.33 bits per heavy atom. The monoisotopic (exact) mass is 427 g/mol. The fourth-order valence-corrected chi connectivity index (χ4v) is 3.73. The van der Waals surface area contributed by atoms with Crippen LogP contribution in [0.15, 0.2) is 24.3 Å². The summed E-state index contributed by atoms with van der Waals surface area (Å²) < 4.78 is 38.4. The maximum absolute atomic E-state index is 12.8. The topological polar surface area (TPSA) is 49.6 Å². The number of halogens is 5. The molecule has 0 spiro atoms. The minimum absolute atomic E-state index is 0. The van der Waals surface area contributed by atoms with Crippen LogP contribution in [0.1, 0.15) is 30.4 Å². The Kier molecular flexibility index (Phi) is 8.86. The fourth-order valence-electron chi connectivity index (χ4n) is 3.73. The first-order chi connectivity index (χ1) is 11.8. The number of carbonyl (C=O) groups excluding carboxylic acids is 1. The van der Waals surface area contributed by atoms with Gasteiger partial charge in [-0.05, 0) is 30.9 Å². The van der Waals surface area contributed by atoms with Crippen LogP contribution in [0.5, 0.6) is 0 Å². The summed E-state index contributed by atoms with van der Waals surface area (Å²) in [6.07, 6.45) is -1.77. The Bertz CT molecular complexity index is 622. The Hall–Kier alpha value is -1.02. The Balaban J connectivity index is 0.00000182. The highest BCUT2D eigenvalue weighted by Gasteiger charge is 2.33. The zero-order chi connectivity index (χ0) is 18.0. The normalized spacial score (nSPS) is 23.5. The first kappa shape index (κ1) is 24.0. The number of alkyl halides is 3. The molecule has 154 valence electrons. The smallest absolute Gasteiger partial charge is 0.340 e. The summed E-state index contributed by atoms with van der Waals surface area (Å²) in [7, 11) is 0. The largest absolute Gasteiger partial charge is 0.416 e. The number of nitrogens with zero attached hydrogens (tertiary/aromatic N) is 2. The van der Waals surface area contributed by atoms with Crippen LogP contribution in [-0.2, 0) is 17.5 Å². The predicted octanol–water partition coefficient (Wildman–Crippen LogP) is 3.32. The number of piperazine rings is 1. The highest BCUT2D eigenvalue weighted by Crippen LogP contribution is 2.30. The molecule has 4 nitrogen and oxygen atoms in total. The van der Waals surface area contributed by atoms with Gasteiger partial charge in [-0.3, -0.25) is 9.69 Å². The second kappa shape index (κ2) is 9.96. The summed E-state index contributed by atoms with van der Waals surface area (Å²) in [4.78, 5) is 16.5. The lowest BCUT2D eigenvalue weighted by Crippen LogP contribution is -2.49. The van der Waals surface area contributed by atoms with Crippen LogP contribution < -0.4 is 5.73 Å². The second-order valence-electron chi connectivity index (χ2n) is 7.07.